The van der Waals surface area contributed by atoms with Gasteiger partial charge in [0.25, 0.3) is 0 Å². The van der Waals surface area contributed by atoms with Gasteiger partial charge in [-0.3, -0.25) is 9.89 Å². The molecule has 4 heteroatoms. The van der Waals surface area contributed by atoms with Crippen LogP contribution in [0.4, 0.5) is 0 Å². The van der Waals surface area contributed by atoms with Crippen molar-refractivity contribution in [3.05, 3.63) is 17.5 Å². The molecule has 1 unspecified atom stereocenters. The number of hydrogen-bond acceptors (Lipinski definition) is 2. The Morgan fingerprint density at radius 2 is 2.30 bits per heavy atom. The van der Waals surface area contributed by atoms with Crippen LogP contribution in [0, 0.1) is 18.3 Å². The Morgan fingerprint density at radius 3 is 2.95 bits per heavy atom. The van der Waals surface area contributed by atoms with Crippen LogP contribution in [-0.2, 0) is 11.2 Å². The first kappa shape index (κ1) is 15.1. The van der Waals surface area contributed by atoms with Crippen molar-refractivity contribution in [3.63, 3.8) is 0 Å². The van der Waals surface area contributed by atoms with E-state index in [1.807, 2.05) is 13.1 Å². The second-order valence-electron chi connectivity index (χ2n) is 6.70. The summed E-state index contributed by atoms with van der Waals surface area (Å²) in [7, 11) is 0. The number of nitrogens with zero attached hydrogens (tertiary/aromatic N) is 1. The van der Waals surface area contributed by atoms with Gasteiger partial charge in [-0.25, -0.2) is 0 Å². The molecule has 1 aromatic heterocycles. The zero-order valence-electron chi connectivity index (χ0n) is 13.0. The Morgan fingerprint density at radius 1 is 1.50 bits per heavy atom. The third kappa shape index (κ3) is 3.62. The molecule has 0 aliphatic heterocycles. The molecule has 1 heterocycles. The van der Waals surface area contributed by atoms with Gasteiger partial charge in [0.2, 0.25) is 5.91 Å². The third-order valence-corrected chi connectivity index (χ3v) is 4.68. The van der Waals surface area contributed by atoms with Gasteiger partial charge in [0, 0.05) is 18.2 Å². The Kier molecular flexibility index (Phi) is 4.84. The van der Waals surface area contributed by atoms with Crippen molar-refractivity contribution in [1.29, 1.82) is 0 Å². The molecule has 0 aromatic carbocycles. The maximum atomic E-state index is 12.3. The second-order valence-corrected chi connectivity index (χ2v) is 6.70. The molecule has 0 bridgehead atoms. The lowest BCUT2D eigenvalue weighted by atomic mass is 9.68. The minimum atomic E-state index is 0.156. The molecule has 0 spiro atoms. The van der Waals surface area contributed by atoms with E-state index < -0.39 is 0 Å². The average molecular weight is 277 g/mol. The first-order valence-corrected chi connectivity index (χ1v) is 7.77. The molecular formula is C16H27N3O. The van der Waals surface area contributed by atoms with Gasteiger partial charge < -0.3 is 5.32 Å². The van der Waals surface area contributed by atoms with Crippen LogP contribution in [0.5, 0.6) is 0 Å². The summed E-state index contributed by atoms with van der Waals surface area (Å²) in [4.78, 5) is 12.3. The molecule has 1 saturated carbocycles. The van der Waals surface area contributed by atoms with Crippen LogP contribution < -0.4 is 5.32 Å². The number of aromatic nitrogens is 2. The minimum Gasteiger partial charge on any atom is -0.356 e. The van der Waals surface area contributed by atoms with Crippen LogP contribution in [0.25, 0.3) is 0 Å². The van der Waals surface area contributed by atoms with E-state index in [4.69, 9.17) is 0 Å². The topological polar surface area (TPSA) is 57.8 Å². The summed E-state index contributed by atoms with van der Waals surface area (Å²) in [6, 6.07) is 0. The Labute approximate surface area is 121 Å². The van der Waals surface area contributed by atoms with E-state index in [9.17, 15) is 4.79 Å². The second kappa shape index (κ2) is 6.42. The maximum absolute atomic E-state index is 12.3. The summed E-state index contributed by atoms with van der Waals surface area (Å²) in [5.41, 5.74) is 2.53. The molecule has 112 valence electrons. The molecule has 20 heavy (non-hydrogen) atoms. The van der Waals surface area contributed by atoms with Gasteiger partial charge in [-0.05, 0) is 43.6 Å². The summed E-state index contributed by atoms with van der Waals surface area (Å²) in [6.45, 7) is 7.25. The Balaban J connectivity index is 1.73. The van der Waals surface area contributed by atoms with Crippen molar-refractivity contribution in [2.24, 2.45) is 11.3 Å². The summed E-state index contributed by atoms with van der Waals surface area (Å²) in [6.07, 6.45) is 8.47. The van der Waals surface area contributed by atoms with E-state index in [0.717, 1.165) is 31.5 Å². The van der Waals surface area contributed by atoms with E-state index in [1.165, 1.54) is 24.8 Å². The first-order valence-electron chi connectivity index (χ1n) is 7.77. The molecule has 2 rings (SSSR count). The zero-order valence-corrected chi connectivity index (χ0v) is 13.0. The van der Waals surface area contributed by atoms with Crippen LogP contribution in [0.3, 0.4) is 0 Å². The lowest BCUT2D eigenvalue weighted by Crippen LogP contribution is -2.41. The lowest BCUT2D eigenvalue weighted by molar-refractivity contribution is -0.130. The first-order chi connectivity index (χ1) is 9.50. The fourth-order valence-electron chi connectivity index (χ4n) is 3.22. The van der Waals surface area contributed by atoms with Gasteiger partial charge in [-0.2, -0.15) is 5.10 Å². The standard InChI is InChI=1S/C16H27N3O/c1-12-13(11-18-19-12)7-6-10-17-15(20)14-8-4-5-9-16(14,2)3/h11,14H,4-10H2,1-3H3,(H,17,20)(H,18,19). The van der Waals surface area contributed by atoms with Crippen molar-refractivity contribution >= 4 is 5.91 Å². The van der Waals surface area contributed by atoms with Gasteiger partial charge in [0.15, 0.2) is 0 Å². The SMILES string of the molecule is Cc1[nH]ncc1CCCNC(=O)C1CCCCC1(C)C. The van der Waals surface area contributed by atoms with Crippen molar-refractivity contribution < 1.29 is 4.79 Å². The quantitative estimate of drug-likeness (QED) is 0.813. The van der Waals surface area contributed by atoms with Gasteiger partial charge in [-0.1, -0.05) is 26.7 Å². The lowest BCUT2D eigenvalue weighted by Gasteiger charge is -2.37. The van der Waals surface area contributed by atoms with Crippen molar-refractivity contribution in [1.82, 2.24) is 15.5 Å². The molecule has 1 aliphatic carbocycles. The fourth-order valence-corrected chi connectivity index (χ4v) is 3.22. The Hall–Kier alpha value is -1.32. The highest BCUT2D eigenvalue weighted by atomic mass is 16.1. The smallest absolute Gasteiger partial charge is 0.223 e. The van der Waals surface area contributed by atoms with Crippen LogP contribution in [0.15, 0.2) is 6.20 Å². The number of aromatic amines is 1. The number of hydrogen-bond donors (Lipinski definition) is 2. The molecule has 1 amide bonds. The number of aryl methyl sites for hydroxylation is 2. The summed E-state index contributed by atoms with van der Waals surface area (Å²) >= 11 is 0. The van der Waals surface area contributed by atoms with Gasteiger partial charge in [-0.15, -0.1) is 0 Å². The third-order valence-electron chi connectivity index (χ3n) is 4.68. The van der Waals surface area contributed by atoms with Gasteiger partial charge in [0.05, 0.1) is 6.20 Å². The molecule has 2 N–H and O–H groups in total. The van der Waals surface area contributed by atoms with E-state index >= 15 is 0 Å². The number of nitrogens with one attached hydrogen (secondary N) is 2. The van der Waals surface area contributed by atoms with Gasteiger partial charge in [0.1, 0.15) is 0 Å². The van der Waals surface area contributed by atoms with Crippen LogP contribution in [0.1, 0.15) is 57.2 Å². The molecule has 0 saturated heterocycles. The van der Waals surface area contributed by atoms with Crippen LogP contribution >= 0.6 is 0 Å². The summed E-state index contributed by atoms with van der Waals surface area (Å²) in [5.74, 6) is 0.436. The number of H-pyrrole nitrogens is 1. The normalized spacial score (nSPS) is 21.6. The summed E-state index contributed by atoms with van der Waals surface area (Å²) in [5, 5.41) is 10.1. The van der Waals surface area contributed by atoms with E-state index in [1.54, 1.807) is 0 Å². The van der Waals surface area contributed by atoms with Crippen LogP contribution in [0.2, 0.25) is 0 Å². The molecule has 4 nitrogen and oxygen atoms in total. The highest BCUT2D eigenvalue weighted by Gasteiger charge is 2.36. The van der Waals surface area contributed by atoms with Crippen molar-refractivity contribution in [2.45, 2.75) is 59.3 Å². The number of amides is 1. The van der Waals surface area contributed by atoms with E-state index in [2.05, 4.69) is 29.4 Å². The molecular weight excluding hydrogens is 250 g/mol. The largest absolute Gasteiger partial charge is 0.356 e. The highest BCUT2D eigenvalue weighted by Crippen LogP contribution is 2.40. The number of carbonyl (C=O) groups excluding carboxylic acids is 1. The van der Waals surface area contributed by atoms with Crippen LogP contribution in [-0.4, -0.2) is 22.6 Å². The van der Waals surface area contributed by atoms with Crippen molar-refractivity contribution in [2.75, 3.05) is 6.54 Å². The minimum absolute atomic E-state index is 0.156. The predicted molar refractivity (Wildman–Crippen MR) is 80.4 cm³/mol. The predicted octanol–water partition coefficient (Wildman–Crippen LogP) is 2.98. The number of rotatable bonds is 5. The highest BCUT2D eigenvalue weighted by molar-refractivity contribution is 5.79. The summed E-state index contributed by atoms with van der Waals surface area (Å²) < 4.78 is 0. The van der Waals surface area contributed by atoms with E-state index in [-0.39, 0.29) is 17.2 Å². The molecule has 0 radical (unpaired) electrons. The monoisotopic (exact) mass is 277 g/mol. The average Bonchev–Trinajstić information content (AvgIpc) is 2.79. The van der Waals surface area contributed by atoms with Gasteiger partial charge >= 0.3 is 0 Å². The molecule has 1 fully saturated rings. The van der Waals surface area contributed by atoms with E-state index in [0.29, 0.717) is 0 Å². The maximum Gasteiger partial charge on any atom is 0.223 e. The molecule has 1 aromatic rings. The molecule has 1 aliphatic rings. The Bertz CT molecular complexity index is 450. The van der Waals surface area contributed by atoms with Crippen molar-refractivity contribution in [3.8, 4) is 0 Å². The fraction of sp³-hybridized carbons (Fsp3) is 0.750. The molecule has 1 atom stereocenters. The zero-order chi connectivity index (χ0) is 14.6. The number of carbonyl (C=O) groups is 1.